The fraction of sp³-hybridized carbons (Fsp3) is 0.154. The van der Waals surface area contributed by atoms with Crippen LogP contribution in [0.1, 0.15) is 17.4 Å². The molecule has 0 aliphatic carbocycles. The Morgan fingerprint density at radius 3 is 2.80 bits per heavy atom. The van der Waals surface area contributed by atoms with Gasteiger partial charge in [-0.3, -0.25) is 14.9 Å². The van der Waals surface area contributed by atoms with Crippen molar-refractivity contribution in [2.75, 3.05) is 5.32 Å². The Kier molecular flexibility index (Phi) is 4.38. The molecular weight excluding hydrogens is 373 g/mol. The van der Waals surface area contributed by atoms with Crippen molar-refractivity contribution in [2.45, 2.75) is 13.5 Å². The highest BCUT2D eigenvalue weighted by Crippen LogP contribution is 2.19. The number of amides is 1. The molecule has 1 N–H and O–H groups in total. The highest BCUT2D eigenvalue weighted by molar-refractivity contribution is 14.1. The fourth-order valence-electron chi connectivity index (χ4n) is 1.81. The van der Waals surface area contributed by atoms with Crippen LogP contribution in [0.2, 0.25) is 0 Å². The van der Waals surface area contributed by atoms with Gasteiger partial charge in [-0.2, -0.15) is 0 Å². The lowest BCUT2D eigenvalue weighted by atomic mass is 10.3. The number of anilines is 1. The molecule has 0 fully saturated rings. The van der Waals surface area contributed by atoms with Crippen LogP contribution in [0.25, 0.3) is 0 Å². The number of aryl methyl sites for hydroxylation is 1. The van der Waals surface area contributed by atoms with Gasteiger partial charge in [0.2, 0.25) is 0 Å². The average Bonchev–Trinajstić information content (AvgIpc) is 2.83. The van der Waals surface area contributed by atoms with E-state index in [1.165, 1.54) is 12.3 Å². The molecule has 104 valence electrons. The first kappa shape index (κ1) is 14.5. The predicted octanol–water partition coefficient (Wildman–Crippen LogP) is 3.27. The third-order valence-corrected chi connectivity index (χ3v) is 3.42. The van der Waals surface area contributed by atoms with E-state index in [1.54, 1.807) is 10.6 Å². The molecule has 0 saturated carbocycles. The molecule has 6 nitrogen and oxygen atoms in total. The second-order valence-corrected chi connectivity index (χ2v) is 5.34. The summed E-state index contributed by atoms with van der Waals surface area (Å²) in [7, 11) is 0. The largest absolute Gasteiger partial charge is 0.337 e. The Hall–Kier alpha value is -1.90. The number of hydrogen-bond acceptors (Lipinski definition) is 3. The molecule has 0 saturated heterocycles. The highest BCUT2D eigenvalue weighted by atomic mass is 127. The SMILES string of the molecule is CCn1cc([N+](=O)[O-])cc1C(=O)Nc1cccc(I)c1. The minimum atomic E-state index is -0.506. The minimum Gasteiger partial charge on any atom is -0.337 e. The smallest absolute Gasteiger partial charge is 0.287 e. The Balaban J connectivity index is 2.27. The molecule has 0 spiro atoms. The summed E-state index contributed by atoms with van der Waals surface area (Å²) in [5.74, 6) is -0.359. The van der Waals surface area contributed by atoms with Crippen LogP contribution in [-0.4, -0.2) is 15.4 Å². The first-order valence-corrected chi connectivity index (χ1v) is 7.00. The number of nitrogens with zero attached hydrogens (tertiary/aromatic N) is 2. The van der Waals surface area contributed by atoms with Crippen molar-refractivity contribution in [2.24, 2.45) is 0 Å². The van der Waals surface area contributed by atoms with Gasteiger partial charge in [-0.15, -0.1) is 0 Å². The number of halogens is 1. The summed E-state index contributed by atoms with van der Waals surface area (Å²) in [6.45, 7) is 2.31. The maximum Gasteiger partial charge on any atom is 0.287 e. The third kappa shape index (κ3) is 3.16. The molecule has 1 amide bonds. The van der Waals surface area contributed by atoms with Gasteiger partial charge in [0, 0.05) is 21.9 Å². The lowest BCUT2D eigenvalue weighted by Gasteiger charge is -2.07. The summed E-state index contributed by atoms with van der Waals surface area (Å²) >= 11 is 2.15. The van der Waals surface area contributed by atoms with Crippen molar-refractivity contribution in [1.82, 2.24) is 4.57 Å². The quantitative estimate of drug-likeness (QED) is 0.499. The number of carbonyl (C=O) groups is 1. The molecule has 0 aliphatic rings. The second kappa shape index (κ2) is 6.04. The van der Waals surface area contributed by atoms with Crippen LogP contribution in [0, 0.1) is 13.7 Å². The molecule has 1 heterocycles. The first-order chi connectivity index (χ1) is 9.51. The van der Waals surface area contributed by atoms with Gasteiger partial charge in [0.1, 0.15) is 5.69 Å². The van der Waals surface area contributed by atoms with Crippen molar-refractivity contribution in [3.63, 3.8) is 0 Å². The molecule has 1 aromatic carbocycles. The zero-order chi connectivity index (χ0) is 14.7. The second-order valence-electron chi connectivity index (χ2n) is 4.09. The standard InChI is InChI=1S/C13H12IN3O3/c1-2-16-8-11(17(19)20)7-12(16)13(18)15-10-5-3-4-9(14)6-10/h3-8H,2H2,1H3,(H,15,18). The molecule has 0 bridgehead atoms. The van der Waals surface area contributed by atoms with Gasteiger partial charge in [0.15, 0.2) is 0 Å². The van der Waals surface area contributed by atoms with Gasteiger partial charge in [-0.25, -0.2) is 0 Å². The van der Waals surface area contributed by atoms with E-state index in [4.69, 9.17) is 0 Å². The van der Waals surface area contributed by atoms with E-state index in [-0.39, 0.29) is 17.3 Å². The van der Waals surface area contributed by atoms with Crippen LogP contribution in [0.5, 0.6) is 0 Å². The van der Waals surface area contributed by atoms with Crippen LogP contribution < -0.4 is 5.32 Å². The normalized spacial score (nSPS) is 10.3. The van der Waals surface area contributed by atoms with Crippen LogP contribution in [0.15, 0.2) is 36.5 Å². The molecular formula is C13H12IN3O3. The van der Waals surface area contributed by atoms with Gasteiger partial charge >= 0.3 is 0 Å². The van der Waals surface area contributed by atoms with E-state index in [2.05, 4.69) is 27.9 Å². The maximum atomic E-state index is 12.2. The maximum absolute atomic E-state index is 12.2. The van der Waals surface area contributed by atoms with Crippen molar-refractivity contribution >= 4 is 39.9 Å². The van der Waals surface area contributed by atoms with Crippen LogP contribution in [0.3, 0.4) is 0 Å². The number of benzene rings is 1. The Bertz CT molecular complexity index is 667. The summed E-state index contributed by atoms with van der Waals surface area (Å²) in [6.07, 6.45) is 1.36. The predicted molar refractivity (Wildman–Crippen MR) is 83.9 cm³/mol. The number of carbonyl (C=O) groups excluding carboxylic acids is 1. The van der Waals surface area contributed by atoms with Crippen LogP contribution >= 0.6 is 22.6 Å². The number of aromatic nitrogens is 1. The van der Waals surface area contributed by atoms with Crippen molar-refractivity contribution in [1.29, 1.82) is 0 Å². The molecule has 0 radical (unpaired) electrons. The molecule has 1 aromatic heterocycles. The molecule has 0 aliphatic heterocycles. The van der Waals surface area contributed by atoms with E-state index in [1.807, 2.05) is 25.1 Å². The van der Waals surface area contributed by atoms with Crippen molar-refractivity contribution in [3.8, 4) is 0 Å². The topological polar surface area (TPSA) is 77.2 Å². The summed E-state index contributed by atoms with van der Waals surface area (Å²) in [6, 6.07) is 8.63. The van der Waals surface area contributed by atoms with Gasteiger partial charge in [0.25, 0.3) is 11.6 Å². The summed E-state index contributed by atoms with van der Waals surface area (Å²) in [5.41, 5.74) is 0.853. The molecule has 0 atom stereocenters. The Morgan fingerprint density at radius 1 is 1.45 bits per heavy atom. The monoisotopic (exact) mass is 385 g/mol. The number of rotatable bonds is 4. The van der Waals surface area contributed by atoms with Crippen molar-refractivity contribution in [3.05, 3.63) is 55.9 Å². The van der Waals surface area contributed by atoms with Gasteiger partial charge in [0.05, 0.1) is 11.1 Å². The number of nitrogens with one attached hydrogen (secondary N) is 1. The van der Waals surface area contributed by atoms with E-state index in [0.717, 1.165) is 3.57 Å². The van der Waals surface area contributed by atoms with Gasteiger partial charge in [-0.05, 0) is 47.7 Å². The Labute approximate surface area is 129 Å². The lowest BCUT2D eigenvalue weighted by molar-refractivity contribution is -0.384. The van der Waals surface area contributed by atoms with Gasteiger partial charge in [-0.1, -0.05) is 6.07 Å². The third-order valence-electron chi connectivity index (χ3n) is 2.75. The van der Waals surface area contributed by atoms with Crippen LogP contribution in [-0.2, 0) is 6.54 Å². The van der Waals surface area contributed by atoms with E-state index in [0.29, 0.717) is 12.2 Å². The fourth-order valence-corrected chi connectivity index (χ4v) is 2.35. The zero-order valence-corrected chi connectivity index (χ0v) is 12.8. The molecule has 20 heavy (non-hydrogen) atoms. The van der Waals surface area contributed by atoms with Gasteiger partial charge < -0.3 is 9.88 Å². The molecule has 7 heteroatoms. The minimum absolute atomic E-state index is 0.0837. The number of hydrogen-bond donors (Lipinski definition) is 1. The summed E-state index contributed by atoms with van der Waals surface area (Å²) in [4.78, 5) is 22.4. The molecule has 0 unspecified atom stereocenters. The lowest BCUT2D eigenvalue weighted by Crippen LogP contribution is -2.16. The van der Waals surface area contributed by atoms with E-state index in [9.17, 15) is 14.9 Å². The highest BCUT2D eigenvalue weighted by Gasteiger charge is 2.18. The van der Waals surface area contributed by atoms with E-state index >= 15 is 0 Å². The van der Waals surface area contributed by atoms with Crippen LogP contribution in [0.4, 0.5) is 11.4 Å². The zero-order valence-electron chi connectivity index (χ0n) is 10.7. The van der Waals surface area contributed by atoms with E-state index < -0.39 is 4.92 Å². The summed E-state index contributed by atoms with van der Waals surface area (Å²) < 4.78 is 2.55. The summed E-state index contributed by atoms with van der Waals surface area (Å²) in [5, 5.41) is 13.5. The van der Waals surface area contributed by atoms with Crippen molar-refractivity contribution < 1.29 is 9.72 Å². The average molecular weight is 385 g/mol. The first-order valence-electron chi connectivity index (χ1n) is 5.92. The Morgan fingerprint density at radius 2 is 2.20 bits per heavy atom. The molecule has 2 aromatic rings. The molecule has 2 rings (SSSR count). The number of nitro groups is 1.